The van der Waals surface area contributed by atoms with Crippen molar-refractivity contribution in [2.45, 2.75) is 0 Å². The summed E-state index contributed by atoms with van der Waals surface area (Å²) in [5, 5.41) is 42.7. The summed E-state index contributed by atoms with van der Waals surface area (Å²) < 4.78 is 2.10. The second-order valence-electron chi connectivity index (χ2n) is 16.7. The Balaban J connectivity index is 0.929. The maximum atomic E-state index is 10.8. The molecule has 0 fully saturated rings. The Hall–Kier alpha value is -10.4. The van der Waals surface area contributed by atoms with Gasteiger partial charge in [0.2, 0.25) is 0 Å². The van der Waals surface area contributed by atoms with Crippen LogP contribution in [0.5, 0.6) is 0 Å². The summed E-state index contributed by atoms with van der Waals surface area (Å²) in [6, 6.07) is 80.7. The molecule has 0 radical (unpaired) electrons. The number of nitrogens with zero attached hydrogens (tertiary/aromatic N) is 8. The predicted molar refractivity (Wildman–Crippen MR) is 277 cm³/mol. The van der Waals surface area contributed by atoms with Crippen molar-refractivity contribution in [3.63, 3.8) is 0 Å². The summed E-state index contributed by atoms with van der Waals surface area (Å²) in [7, 11) is 0. The molecule has 0 spiro atoms. The molecule has 8 nitrogen and oxygen atoms in total. The lowest BCUT2D eigenvalue weighted by Crippen LogP contribution is -2.09. The van der Waals surface area contributed by atoms with E-state index in [2.05, 4.69) is 88.3 Å². The van der Waals surface area contributed by atoms with Crippen LogP contribution in [0.25, 0.3) is 83.6 Å². The largest absolute Gasteiger partial charge is 0.310 e. The van der Waals surface area contributed by atoms with Crippen LogP contribution in [0.15, 0.2) is 218 Å². The first-order valence-corrected chi connectivity index (χ1v) is 22.5. The lowest BCUT2D eigenvalue weighted by molar-refractivity contribution is 1.16. The number of rotatable bonds is 9. The third-order valence-corrected chi connectivity index (χ3v) is 12.5. The Morgan fingerprint density at radius 1 is 0.357 bits per heavy atom. The summed E-state index contributed by atoms with van der Waals surface area (Å²) in [5.41, 5.74) is 14.6. The Morgan fingerprint density at radius 2 is 0.900 bits per heavy atom. The molecule has 70 heavy (non-hydrogen) atoms. The molecule has 11 rings (SSSR count). The molecular weight excluding hydrogens is 857 g/mol. The molecule has 0 saturated heterocycles. The lowest BCUT2D eigenvalue weighted by Gasteiger charge is -2.25. The molecule has 0 aliphatic rings. The van der Waals surface area contributed by atoms with Crippen molar-refractivity contribution in [1.29, 1.82) is 21.0 Å². The smallest absolute Gasteiger partial charge is 0.160 e. The number of benzene rings is 9. The topological polar surface area (TPSA) is 129 Å². The molecule has 324 valence electrons. The fourth-order valence-electron chi connectivity index (χ4n) is 9.18. The van der Waals surface area contributed by atoms with Crippen molar-refractivity contribution in [2.75, 3.05) is 4.90 Å². The van der Waals surface area contributed by atoms with Gasteiger partial charge in [0.25, 0.3) is 0 Å². The molecule has 2 heterocycles. The highest BCUT2D eigenvalue weighted by Gasteiger charge is 2.21. The van der Waals surface area contributed by atoms with E-state index in [1.807, 2.05) is 140 Å². The van der Waals surface area contributed by atoms with Crippen LogP contribution in [0.4, 0.5) is 17.1 Å². The third-order valence-electron chi connectivity index (χ3n) is 12.5. The van der Waals surface area contributed by atoms with Gasteiger partial charge in [0.1, 0.15) is 6.07 Å². The Bertz CT molecular complexity index is 3860. The van der Waals surface area contributed by atoms with Crippen LogP contribution in [-0.2, 0) is 0 Å². The average Bonchev–Trinajstić information content (AvgIpc) is 3.76. The van der Waals surface area contributed by atoms with Gasteiger partial charge in [0.05, 0.1) is 68.6 Å². The van der Waals surface area contributed by atoms with Crippen LogP contribution in [0, 0.1) is 45.3 Å². The van der Waals surface area contributed by atoms with E-state index < -0.39 is 0 Å². The molecule has 0 atom stereocenters. The van der Waals surface area contributed by atoms with Crippen molar-refractivity contribution in [3.8, 4) is 86.1 Å². The molecule has 0 aliphatic heterocycles. The van der Waals surface area contributed by atoms with Gasteiger partial charge in [-0.1, -0.05) is 127 Å². The van der Waals surface area contributed by atoms with E-state index in [4.69, 9.17) is 9.97 Å². The summed E-state index contributed by atoms with van der Waals surface area (Å²) >= 11 is 0. The maximum Gasteiger partial charge on any atom is 0.160 e. The molecule has 0 bridgehead atoms. The minimum Gasteiger partial charge on any atom is -0.310 e. The van der Waals surface area contributed by atoms with Crippen LogP contribution < -0.4 is 4.90 Å². The highest BCUT2D eigenvalue weighted by atomic mass is 15.1. The van der Waals surface area contributed by atoms with Gasteiger partial charge in [0.15, 0.2) is 5.82 Å². The van der Waals surface area contributed by atoms with Crippen LogP contribution in [0.2, 0.25) is 0 Å². The Labute approximate surface area is 404 Å². The number of hydrogen-bond donors (Lipinski definition) is 0. The van der Waals surface area contributed by atoms with Crippen molar-refractivity contribution >= 4 is 38.9 Å². The summed E-state index contributed by atoms with van der Waals surface area (Å²) in [6.07, 6.45) is 0. The molecule has 0 aliphatic carbocycles. The van der Waals surface area contributed by atoms with Gasteiger partial charge >= 0.3 is 0 Å². The summed E-state index contributed by atoms with van der Waals surface area (Å²) in [4.78, 5) is 12.0. The number of nitriles is 4. The second-order valence-corrected chi connectivity index (χ2v) is 16.7. The average molecular weight is 893 g/mol. The number of anilines is 3. The van der Waals surface area contributed by atoms with Crippen LogP contribution >= 0.6 is 0 Å². The number of aromatic nitrogens is 3. The van der Waals surface area contributed by atoms with E-state index in [1.54, 1.807) is 24.3 Å². The summed E-state index contributed by atoms with van der Waals surface area (Å²) in [5.74, 6) is 0.467. The second kappa shape index (κ2) is 18.1. The van der Waals surface area contributed by atoms with Gasteiger partial charge in [-0.15, -0.1) is 0 Å². The maximum absolute atomic E-state index is 10.8. The molecule has 0 saturated carbocycles. The number of para-hydroxylation sites is 3. The quantitative estimate of drug-likeness (QED) is 0.141. The molecule has 2 aromatic heterocycles. The number of fused-ring (bicyclic) bond motifs is 3. The number of hydrogen-bond acceptors (Lipinski definition) is 7. The van der Waals surface area contributed by atoms with E-state index in [-0.39, 0.29) is 0 Å². The fraction of sp³-hybridized carbons (Fsp3) is 0. The van der Waals surface area contributed by atoms with Crippen molar-refractivity contribution in [3.05, 3.63) is 241 Å². The normalized spacial score (nSPS) is 10.8. The van der Waals surface area contributed by atoms with Crippen molar-refractivity contribution < 1.29 is 0 Å². The zero-order valence-corrected chi connectivity index (χ0v) is 37.4. The highest BCUT2D eigenvalue weighted by molar-refractivity contribution is 6.11. The van der Waals surface area contributed by atoms with E-state index in [0.717, 1.165) is 66.7 Å². The molecule has 0 N–H and O–H groups in total. The highest BCUT2D eigenvalue weighted by Crippen LogP contribution is 2.41. The van der Waals surface area contributed by atoms with Crippen LogP contribution in [0.1, 0.15) is 22.3 Å². The van der Waals surface area contributed by atoms with Crippen LogP contribution in [-0.4, -0.2) is 14.5 Å². The van der Waals surface area contributed by atoms with E-state index in [1.165, 1.54) is 0 Å². The SMILES string of the molecule is N#Cc1cccc(-c2cc(-c3ccc(-c4ccc(-c5cc(C#N)c(-n6c7ccccc7c7cc(N(c8ccccc8)c8ccccc8)ccc76)cc5C#N)cc4)cc3)nc(-c3cccc(C#N)c3)n2)c1. The first-order valence-electron chi connectivity index (χ1n) is 22.5. The van der Waals surface area contributed by atoms with Gasteiger partial charge in [0, 0.05) is 50.1 Å². The first kappa shape index (κ1) is 42.3. The van der Waals surface area contributed by atoms with Crippen molar-refractivity contribution in [2.24, 2.45) is 0 Å². The zero-order chi connectivity index (χ0) is 47.6. The van der Waals surface area contributed by atoms with Crippen LogP contribution in [0.3, 0.4) is 0 Å². The summed E-state index contributed by atoms with van der Waals surface area (Å²) in [6.45, 7) is 0. The molecule has 11 aromatic rings. The Kier molecular flexibility index (Phi) is 10.9. The van der Waals surface area contributed by atoms with Gasteiger partial charge in [-0.05, 0) is 108 Å². The minimum absolute atomic E-state index is 0.446. The minimum atomic E-state index is 0.446. The molecular formula is C62H36N8. The van der Waals surface area contributed by atoms with Gasteiger partial charge in [-0.2, -0.15) is 21.0 Å². The van der Waals surface area contributed by atoms with E-state index >= 15 is 0 Å². The zero-order valence-electron chi connectivity index (χ0n) is 37.4. The predicted octanol–water partition coefficient (Wildman–Crippen LogP) is 14.9. The van der Waals surface area contributed by atoms with Gasteiger partial charge in [-0.25, -0.2) is 9.97 Å². The van der Waals surface area contributed by atoms with E-state index in [0.29, 0.717) is 56.3 Å². The monoisotopic (exact) mass is 892 g/mol. The first-order chi connectivity index (χ1) is 34.5. The fourth-order valence-corrected chi connectivity index (χ4v) is 9.18. The lowest BCUT2D eigenvalue weighted by atomic mass is 9.94. The Morgan fingerprint density at radius 3 is 1.53 bits per heavy atom. The molecule has 8 heteroatoms. The molecule has 0 unspecified atom stereocenters. The van der Waals surface area contributed by atoms with E-state index in [9.17, 15) is 21.0 Å². The molecule has 0 amide bonds. The standard InChI is InChI=1S/C62H36N8/c63-37-41-11-9-13-47(31-41)58-36-57(67-62(68-58)48-14-10-12-42(32-48)38-64)46-27-23-44(24-28-46)43-21-25-45(26-22-43)55-33-50(40-66)61(34-49(55)39-65)70-59-20-8-7-19-54(59)56-35-53(29-30-60(56)70)69(51-15-3-1-4-16-51)52-17-5-2-6-18-52/h1-36H. The molecule has 9 aromatic carbocycles. The third kappa shape index (κ3) is 7.83. The van der Waals surface area contributed by atoms with Gasteiger partial charge < -0.3 is 9.47 Å². The van der Waals surface area contributed by atoms with Gasteiger partial charge in [-0.3, -0.25) is 0 Å². The van der Waals surface area contributed by atoms with Crippen molar-refractivity contribution in [1.82, 2.24) is 14.5 Å².